The second-order valence-corrected chi connectivity index (χ2v) is 6.20. The molecule has 0 aromatic rings. The molecule has 2 fully saturated rings. The molecule has 2 N–H and O–H groups in total. The van der Waals surface area contributed by atoms with Crippen LogP contribution in [0.4, 0.5) is 0 Å². The molecule has 0 bridgehead atoms. The summed E-state index contributed by atoms with van der Waals surface area (Å²) in [7, 11) is 4.06. The Labute approximate surface area is 146 Å². The van der Waals surface area contributed by atoms with Crippen LogP contribution in [0.25, 0.3) is 0 Å². The molecular formula is C15H32IN5. The second-order valence-electron chi connectivity index (χ2n) is 6.20. The minimum atomic E-state index is 0. The molecule has 1 atom stereocenters. The Hall–Kier alpha value is -0.0800. The van der Waals surface area contributed by atoms with Gasteiger partial charge >= 0.3 is 0 Å². The van der Waals surface area contributed by atoms with Gasteiger partial charge in [-0.25, -0.2) is 0 Å². The molecule has 2 rings (SSSR count). The van der Waals surface area contributed by atoms with E-state index in [9.17, 15) is 0 Å². The van der Waals surface area contributed by atoms with Gasteiger partial charge in [-0.2, -0.15) is 0 Å². The summed E-state index contributed by atoms with van der Waals surface area (Å²) in [6, 6.07) is 0. The molecule has 2 saturated heterocycles. The third-order valence-electron chi connectivity index (χ3n) is 4.44. The van der Waals surface area contributed by atoms with Crippen LogP contribution in [0.5, 0.6) is 0 Å². The first-order valence-corrected chi connectivity index (χ1v) is 8.13. The average Bonchev–Trinajstić information content (AvgIpc) is 2.89. The van der Waals surface area contributed by atoms with Crippen LogP contribution in [0, 0.1) is 5.92 Å². The van der Waals surface area contributed by atoms with E-state index in [-0.39, 0.29) is 24.0 Å². The quantitative estimate of drug-likeness (QED) is 0.407. The summed E-state index contributed by atoms with van der Waals surface area (Å²) in [6.07, 6.45) is 5.43. The topological polar surface area (TPSA) is 42.9 Å². The molecule has 2 aliphatic rings. The highest BCUT2D eigenvalue weighted by Gasteiger charge is 2.19. The van der Waals surface area contributed by atoms with E-state index in [0.717, 1.165) is 31.5 Å². The molecule has 0 aromatic heterocycles. The smallest absolute Gasteiger partial charge is 0.191 e. The van der Waals surface area contributed by atoms with Crippen molar-refractivity contribution in [1.29, 1.82) is 0 Å². The first kappa shape index (κ1) is 19.0. The zero-order chi connectivity index (χ0) is 14.2. The van der Waals surface area contributed by atoms with Crippen LogP contribution in [0.3, 0.4) is 0 Å². The predicted molar refractivity (Wildman–Crippen MR) is 101 cm³/mol. The van der Waals surface area contributed by atoms with Crippen LogP contribution in [-0.2, 0) is 0 Å². The lowest BCUT2D eigenvalue weighted by Crippen LogP contribution is -2.44. The predicted octanol–water partition coefficient (Wildman–Crippen LogP) is 1.21. The molecule has 5 nitrogen and oxygen atoms in total. The zero-order valence-corrected chi connectivity index (χ0v) is 15.9. The molecule has 124 valence electrons. The fraction of sp³-hybridized carbons (Fsp3) is 0.933. The Morgan fingerprint density at radius 2 is 1.90 bits per heavy atom. The van der Waals surface area contributed by atoms with Crippen molar-refractivity contribution in [2.45, 2.75) is 25.7 Å². The van der Waals surface area contributed by atoms with E-state index in [2.05, 4.69) is 32.5 Å². The van der Waals surface area contributed by atoms with Gasteiger partial charge in [0.2, 0.25) is 0 Å². The van der Waals surface area contributed by atoms with Gasteiger partial charge in [0.05, 0.1) is 0 Å². The SMILES string of the molecule is CN=C(NCCN1CCCCC1)NCC1CCN(C)C1.I. The minimum absolute atomic E-state index is 0. The first-order chi connectivity index (χ1) is 9.78. The van der Waals surface area contributed by atoms with Gasteiger partial charge in [-0.3, -0.25) is 4.99 Å². The number of hydrogen-bond acceptors (Lipinski definition) is 3. The summed E-state index contributed by atoms with van der Waals surface area (Å²) in [5, 5.41) is 6.90. The van der Waals surface area contributed by atoms with Crippen LogP contribution in [0.1, 0.15) is 25.7 Å². The molecule has 0 aromatic carbocycles. The Kier molecular flexibility index (Phi) is 9.59. The van der Waals surface area contributed by atoms with Crippen molar-refractivity contribution in [1.82, 2.24) is 20.4 Å². The van der Waals surface area contributed by atoms with Crippen LogP contribution < -0.4 is 10.6 Å². The lowest BCUT2D eigenvalue weighted by molar-refractivity contribution is 0.232. The lowest BCUT2D eigenvalue weighted by Gasteiger charge is -2.26. The number of hydrogen-bond donors (Lipinski definition) is 2. The molecular weight excluding hydrogens is 377 g/mol. The standard InChI is InChI=1S/C15H31N5.HI/c1-16-15(18-12-14-6-10-19(2)13-14)17-7-11-20-8-4-3-5-9-20;/h14H,3-13H2,1-2H3,(H2,16,17,18);1H. The fourth-order valence-corrected chi connectivity index (χ4v) is 3.17. The molecule has 0 aliphatic carbocycles. The minimum Gasteiger partial charge on any atom is -0.356 e. The molecule has 0 saturated carbocycles. The summed E-state index contributed by atoms with van der Waals surface area (Å²) in [5.74, 6) is 1.72. The van der Waals surface area contributed by atoms with E-state index in [4.69, 9.17) is 0 Å². The monoisotopic (exact) mass is 409 g/mol. The van der Waals surface area contributed by atoms with Gasteiger partial charge < -0.3 is 20.4 Å². The van der Waals surface area contributed by atoms with E-state index < -0.39 is 0 Å². The van der Waals surface area contributed by atoms with Crippen molar-refractivity contribution in [3.8, 4) is 0 Å². The Balaban J connectivity index is 0.00000220. The highest BCUT2D eigenvalue weighted by Crippen LogP contribution is 2.12. The van der Waals surface area contributed by atoms with Crippen molar-refractivity contribution in [2.75, 3.05) is 59.9 Å². The number of rotatable bonds is 5. The lowest BCUT2D eigenvalue weighted by atomic mass is 10.1. The van der Waals surface area contributed by atoms with Crippen molar-refractivity contribution in [3.05, 3.63) is 0 Å². The molecule has 6 heteroatoms. The van der Waals surface area contributed by atoms with Gasteiger partial charge in [0, 0.05) is 33.2 Å². The molecule has 0 spiro atoms. The summed E-state index contributed by atoms with van der Waals surface area (Å²) in [4.78, 5) is 9.27. The van der Waals surface area contributed by atoms with Crippen LogP contribution in [-0.4, -0.2) is 75.7 Å². The van der Waals surface area contributed by atoms with Crippen molar-refractivity contribution in [2.24, 2.45) is 10.9 Å². The molecule has 0 radical (unpaired) electrons. The summed E-state index contributed by atoms with van der Waals surface area (Å²) in [6.45, 7) is 8.13. The van der Waals surface area contributed by atoms with Crippen molar-refractivity contribution in [3.63, 3.8) is 0 Å². The van der Waals surface area contributed by atoms with Gasteiger partial charge in [-0.1, -0.05) is 6.42 Å². The van der Waals surface area contributed by atoms with Gasteiger partial charge in [-0.15, -0.1) is 24.0 Å². The molecule has 0 amide bonds. The van der Waals surface area contributed by atoms with Crippen LogP contribution in [0.15, 0.2) is 4.99 Å². The normalized spacial score (nSPS) is 24.7. The zero-order valence-electron chi connectivity index (χ0n) is 13.6. The number of likely N-dealkylation sites (tertiary alicyclic amines) is 2. The highest BCUT2D eigenvalue weighted by atomic mass is 127. The molecule has 2 heterocycles. The second kappa shape index (κ2) is 10.6. The summed E-state index contributed by atoms with van der Waals surface area (Å²) in [5.41, 5.74) is 0. The van der Waals surface area contributed by atoms with E-state index >= 15 is 0 Å². The van der Waals surface area contributed by atoms with Gasteiger partial charge in [0.15, 0.2) is 5.96 Å². The molecule has 2 aliphatic heterocycles. The van der Waals surface area contributed by atoms with Gasteiger partial charge in [-0.05, 0) is 51.9 Å². The number of piperidine rings is 1. The van der Waals surface area contributed by atoms with Crippen molar-refractivity contribution < 1.29 is 0 Å². The van der Waals surface area contributed by atoms with E-state index in [1.807, 2.05) is 7.05 Å². The van der Waals surface area contributed by atoms with Crippen LogP contribution >= 0.6 is 24.0 Å². The van der Waals surface area contributed by atoms with E-state index in [1.165, 1.54) is 51.9 Å². The number of aliphatic imine (C=N–C) groups is 1. The maximum atomic E-state index is 4.31. The van der Waals surface area contributed by atoms with Gasteiger partial charge in [0.25, 0.3) is 0 Å². The van der Waals surface area contributed by atoms with Crippen molar-refractivity contribution >= 4 is 29.9 Å². The summed E-state index contributed by atoms with van der Waals surface area (Å²) >= 11 is 0. The third kappa shape index (κ3) is 7.15. The number of halogens is 1. The van der Waals surface area contributed by atoms with Gasteiger partial charge in [0.1, 0.15) is 0 Å². The Morgan fingerprint density at radius 3 is 2.52 bits per heavy atom. The average molecular weight is 409 g/mol. The fourth-order valence-electron chi connectivity index (χ4n) is 3.17. The number of guanidine groups is 1. The van der Waals surface area contributed by atoms with Crippen LogP contribution in [0.2, 0.25) is 0 Å². The largest absolute Gasteiger partial charge is 0.356 e. The third-order valence-corrected chi connectivity index (χ3v) is 4.44. The first-order valence-electron chi connectivity index (χ1n) is 8.13. The highest BCUT2D eigenvalue weighted by molar-refractivity contribution is 14.0. The van der Waals surface area contributed by atoms with E-state index in [1.54, 1.807) is 0 Å². The number of nitrogens with zero attached hydrogens (tertiary/aromatic N) is 3. The maximum absolute atomic E-state index is 4.31. The Bertz CT molecular complexity index is 304. The molecule has 1 unspecified atom stereocenters. The van der Waals surface area contributed by atoms with E-state index in [0.29, 0.717) is 0 Å². The Morgan fingerprint density at radius 1 is 1.14 bits per heavy atom. The maximum Gasteiger partial charge on any atom is 0.191 e. The summed E-state index contributed by atoms with van der Waals surface area (Å²) < 4.78 is 0. The molecule has 21 heavy (non-hydrogen) atoms. The number of nitrogens with one attached hydrogen (secondary N) is 2.